The lowest BCUT2D eigenvalue weighted by molar-refractivity contribution is 0.0505. The van der Waals surface area contributed by atoms with E-state index < -0.39 is 11.5 Å². The molecular formula is C11H7ClN2O2. The molecule has 1 aromatic heterocycles. The molecule has 0 aliphatic carbocycles. The summed E-state index contributed by atoms with van der Waals surface area (Å²) < 4.78 is 6.44. The van der Waals surface area contributed by atoms with Crippen LogP contribution in [0.3, 0.4) is 0 Å². The number of ether oxygens (including phenoxy) is 1. The highest BCUT2D eigenvalue weighted by Crippen LogP contribution is 2.33. The number of esters is 1. The molecule has 5 heteroatoms. The molecule has 0 saturated carbocycles. The van der Waals surface area contributed by atoms with E-state index in [1.807, 2.05) is 30.3 Å². The van der Waals surface area contributed by atoms with E-state index in [-0.39, 0.29) is 0 Å². The van der Waals surface area contributed by atoms with Crippen LogP contribution in [0, 0.1) is 0 Å². The summed E-state index contributed by atoms with van der Waals surface area (Å²) in [5.74, 6) is -0.468. The number of hydrogen-bond donors (Lipinski definition) is 0. The Morgan fingerprint density at radius 2 is 2.06 bits per heavy atom. The second-order valence-electron chi connectivity index (χ2n) is 3.43. The van der Waals surface area contributed by atoms with Gasteiger partial charge in [-0.3, -0.25) is 0 Å². The van der Waals surface area contributed by atoms with Crippen molar-refractivity contribution in [3.63, 3.8) is 0 Å². The van der Waals surface area contributed by atoms with Crippen LogP contribution in [0.4, 0.5) is 0 Å². The van der Waals surface area contributed by atoms with Gasteiger partial charge in [-0.05, 0) is 12.1 Å². The van der Waals surface area contributed by atoms with E-state index >= 15 is 0 Å². The van der Waals surface area contributed by atoms with E-state index in [9.17, 15) is 4.79 Å². The Labute approximate surface area is 96.4 Å². The van der Waals surface area contributed by atoms with Crippen molar-refractivity contribution < 1.29 is 9.53 Å². The predicted octanol–water partition coefficient (Wildman–Crippen LogP) is 2.28. The SMILES string of the molecule is O=C1O[C@@H](Cl)c2cn(-c3ccccc3)nc21. The summed E-state index contributed by atoms with van der Waals surface area (Å²) in [4.78, 5) is 11.3. The zero-order valence-corrected chi connectivity index (χ0v) is 8.89. The van der Waals surface area contributed by atoms with Gasteiger partial charge in [-0.25, -0.2) is 9.48 Å². The Morgan fingerprint density at radius 1 is 1.31 bits per heavy atom. The molecule has 1 aliphatic heterocycles. The summed E-state index contributed by atoms with van der Waals surface area (Å²) in [6, 6.07) is 9.52. The van der Waals surface area contributed by atoms with Gasteiger partial charge in [-0.15, -0.1) is 0 Å². The Morgan fingerprint density at radius 3 is 2.75 bits per heavy atom. The van der Waals surface area contributed by atoms with Crippen LogP contribution in [0.2, 0.25) is 0 Å². The van der Waals surface area contributed by atoms with Crippen LogP contribution < -0.4 is 0 Å². The summed E-state index contributed by atoms with van der Waals surface area (Å²) in [7, 11) is 0. The fourth-order valence-corrected chi connectivity index (χ4v) is 1.88. The molecule has 0 amide bonds. The van der Waals surface area contributed by atoms with Crippen molar-refractivity contribution in [2.45, 2.75) is 5.56 Å². The number of aromatic nitrogens is 2. The highest BCUT2D eigenvalue weighted by Gasteiger charge is 2.33. The Balaban J connectivity index is 2.10. The van der Waals surface area contributed by atoms with E-state index in [4.69, 9.17) is 16.3 Å². The van der Waals surface area contributed by atoms with Gasteiger partial charge in [0.2, 0.25) is 5.56 Å². The second kappa shape index (κ2) is 3.35. The molecule has 0 spiro atoms. The first-order chi connectivity index (χ1) is 7.75. The predicted molar refractivity (Wildman–Crippen MR) is 57.6 cm³/mol. The smallest absolute Gasteiger partial charge is 0.361 e. The number of alkyl halides is 1. The number of carbonyl (C=O) groups excluding carboxylic acids is 1. The normalized spacial score (nSPS) is 18.3. The number of halogens is 1. The van der Waals surface area contributed by atoms with Crippen molar-refractivity contribution in [2.75, 3.05) is 0 Å². The maximum atomic E-state index is 11.3. The van der Waals surface area contributed by atoms with Crippen LogP contribution in [0.5, 0.6) is 0 Å². The number of fused-ring (bicyclic) bond motifs is 1. The van der Waals surface area contributed by atoms with Gasteiger partial charge in [0.05, 0.1) is 11.3 Å². The Bertz CT molecular complexity index is 550. The van der Waals surface area contributed by atoms with Crippen LogP contribution in [-0.4, -0.2) is 15.7 Å². The van der Waals surface area contributed by atoms with Crippen molar-refractivity contribution in [3.05, 3.63) is 47.8 Å². The molecule has 16 heavy (non-hydrogen) atoms. The molecule has 2 aromatic rings. The summed E-state index contributed by atoms with van der Waals surface area (Å²) >= 11 is 5.84. The average Bonchev–Trinajstić information content (AvgIpc) is 2.83. The van der Waals surface area contributed by atoms with Crippen molar-refractivity contribution in [3.8, 4) is 5.69 Å². The minimum absolute atomic E-state index is 0.295. The molecular weight excluding hydrogens is 228 g/mol. The minimum Gasteiger partial charge on any atom is -0.436 e. The van der Waals surface area contributed by atoms with Gasteiger partial charge in [0.15, 0.2) is 5.69 Å². The number of rotatable bonds is 1. The number of para-hydroxylation sites is 1. The lowest BCUT2D eigenvalue weighted by Crippen LogP contribution is -2.01. The van der Waals surface area contributed by atoms with Crippen LogP contribution in [-0.2, 0) is 4.74 Å². The quantitative estimate of drug-likeness (QED) is 0.562. The molecule has 80 valence electrons. The van der Waals surface area contributed by atoms with Gasteiger partial charge in [-0.1, -0.05) is 29.8 Å². The van der Waals surface area contributed by atoms with E-state index in [0.717, 1.165) is 5.69 Å². The van der Waals surface area contributed by atoms with E-state index in [1.54, 1.807) is 10.9 Å². The molecule has 0 saturated heterocycles. The molecule has 2 heterocycles. The summed E-state index contributed by atoms with van der Waals surface area (Å²) in [5, 5.41) is 4.15. The molecule has 1 aromatic carbocycles. The van der Waals surface area contributed by atoms with Gasteiger partial charge >= 0.3 is 5.97 Å². The Hall–Kier alpha value is -1.81. The van der Waals surface area contributed by atoms with Gasteiger partial charge in [0.25, 0.3) is 0 Å². The van der Waals surface area contributed by atoms with Crippen LogP contribution >= 0.6 is 11.6 Å². The third-order valence-electron chi connectivity index (χ3n) is 2.41. The first-order valence-corrected chi connectivity index (χ1v) is 5.19. The van der Waals surface area contributed by atoms with E-state index in [0.29, 0.717) is 11.3 Å². The monoisotopic (exact) mass is 234 g/mol. The minimum atomic E-state index is -0.722. The van der Waals surface area contributed by atoms with E-state index in [2.05, 4.69) is 5.10 Å². The largest absolute Gasteiger partial charge is 0.436 e. The first-order valence-electron chi connectivity index (χ1n) is 4.76. The average molecular weight is 235 g/mol. The number of cyclic esters (lactones) is 1. The fraction of sp³-hybridized carbons (Fsp3) is 0.0909. The van der Waals surface area contributed by atoms with E-state index in [1.165, 1.54) is 0 Å². The van der Waals surface area contributed by atoms with Crippen molar-refractivity contribution in [1.29, 1.82) is 0 Å². The van der Waals surface area contributed by atoms with Gasteiger partial charge in [0.1, 0.15) is 0 Å². The molecule has 0 radical (unpaired) electrons. The molecule has 0 N–H and O–H groups in total. The molecule has 1 atom stereocenters. The lowest BCUT2D eigenvalue weighted by Gasteiger charge is -2.02. The lowest BCUT2D eigenvalue weighted by atomic mass is 10.3. The molecule has 3 rings (SSSR count). The number of carbonyl (C=O) groups is 1. The zero-order chi connectivity index (χ0) is 11.1. The molecule has 0 fully saturated rings. The highest BCUT2D eigenvalue weighted by atomic mass is 35.5. The maximum Gasteiger partial charge on any atom is 0.361 e. The van der Waals surface area contributed by atoms with Crippen molar-refractivity contribution >= 4 is 17.6 Å². The first kappa shape index (κ1) is 9.42. The summed E-state index contributed by atoms with van der Waals surface area (Å²) in [5.41, 5.74) is 1.08. The molecule has 0 unspecified atom stereocenters. The van der Waals surface area contributed by atoms with Gasteiger partial charge < -0.3 is 4.74 Å². The molecule has 0 bridgehead atoms. The Kier molecular flexibility index (Phi) is 1.97. The summed E-state index contributed by atoms with van der Waals surface area (Å²) in [6.07, 6.45) is 1.72. The molecule has 4 nitrogen and oxygen atoms in total. The van der Waals surface area contributed by atoms with Gasteiger partial charge in [-0.2, -0.15) is 5.10 Å². The van der Waals surface area contributed by atoms with Crippen LogP contribution in [0.25, 0.3) is 5.69 Å². The standard InChI is InChI=1S/C11H7ClN2O2/c12-10-8-6-14(7-4-2-1-3-5-7)13-9(8)11(15)16-10/h1-6,10H/t10-/m1/s1. The summed E-state index contributed by atoms with van der Waals surface area (Å²) in [6.45, 7) is 0. The highest BCUT2D eigenvalue weighted by molar-refractivity contribution is 6.22. The zero-order valence-electron chi connectivity index (χ0n) is 8.13. The third kappa shape index (κ3) is 1.31. The van der Waals surface area contributed by atoms with Crippen LogP contribution in [0.15, 0.2) is 36.5 Å². The number of hydrogen-bond acceptors (Lipinski definition) is 3. The van der Waals surface area contributed by atoms with Gasteiger partial charge in [0, 0.05) is 6.20 Å². The molecule has 1 aliphatic rings. The second-order valence-corrected chi connectivity index (χ2v) is 3.83. The number of nitrogens with zero attached hydrogens (tertiary/aromatic N) is 2. The van der Waals surface area contributed by atoms with Crippen molar-refractivity contribution in [1.82, 2.24) is 9.78 Å². The topological polar surface area (TPSA) is 44.1 Å². The fourth-order valence-electron chi connectivity index (χ4n) is 1.64. The van der Waals surface area contributed by atoms with Crippen molar-refractivity contribution in [2.24, 2.45) is 0 Å². The third-order valence-corrected chi connectivity index (χ3v) is 2.74. The maximum absolute atomic E-state index is 11.3. The van der Waals surface area contributed by atoms with Crippen LogP contribution in [0.1, 0.15) is 21.6 Å². The number of benzene rings is 1.